The third kappa shape index (κ3) is 3.10. The van der Waals surface area contributed by atoms with Gasteiger partial charge in [0, 0.05) is 30.4 Å². The zero-order chi connectivity index (χ0) is 22.7. The third-order valence-electron chi connectivity index (χ3n) is 8.31. The van der Waals surface area contributed by atoms with E-state index >= 15 is 0 Å². The molecule has 2 unspecified atom stereocenters. The van der Waals surface area contributed by atoms with Gasteiger partial charge in [0.15, 0.2) is 0 Å². The number of rotatable bonds is 4. The molecule has 0 spiro atoms. The van der Waals surface area contributed by atoms with E-state index in [1.54, 1.807) is 4.90 Å². The second-order valence-electron chi connectivity index (χ2n) is 10.1. The van der Waals surface area contributed by atoms with Crippen molar-refractivity contribution >= 4 is 29.3 Å². The van der Waals surface area contributed by atoms with E-state index in [2.05, 4.69) is 4.90 Å². The van der Waals surface area contributed by atoms with Crippen molar-refractivity contribution in [3.05, 3.63) is 24.3 Å². The molecule has 0 N–H and O–H groups in total. The SMILES string of the molecule is CC12CCC(C(=O)N(C[C@H]3CN(c4ccc(N5CCOCC5)cc4)C(=O)O3)C1=O)C2(C)C. The summed E-state index contributed by atoms with van der Waals surface area (Å²) in [6.07, 6.45) is 0.480. The molecule has 0 aromatic heterocycles. The smallest absolute Gasteiger partial charge is 0.414 e. The second-order valence-corrected chi connectivity index (χ2v) is 10.1. The highest BCUT2D eigenvalue weighted by atomic mass is 16.6. The Morgan fingerprint density at radius 1 is 1.00 bits per heavy atom. The molecule has 3 saturated heterocycles. The maximum Gasteiger partial charge on any atom is 0.414 e. The van der Waals surface area contributed by atoms with Crippen molar-refractivity contribution in [1.29, 1.82) is 0 Å². The van der Waals surface area contributed by atoms with Crippen molar-refractivity contribution in [2.24, 2.45) is 16.7 Å². The minimum atomic E-state index is -0.552. The van der Waals surface area contributed by atoms with Crippen molar-refractivity contribution in [3.63, 3.8) is 0 Å². The molecular formula is C24H31N3O5. The first-order valence-electron chi connectivity index (χ1n) is 11.5. The summed E-state index contributed by atoms with van der Waals surface area (Å²) >= 11 is 0. The third-order valence-corrected chi connectivity index (χ3v) is 8.31. The van der Waals surface area contributed by atoms with E-state index in [1.165, 1.54) is 4.90 Å². The number of ether oxygens (including phenoxy) is 2. The summed E-state index contributed by atoms with van der Waals surface area (Å²) < 4.78 is 11.0. The largest absolute Gasteiger partial charge is 0.442 e. The van der Waals surface area contributed by atoms with E-state index in [0.717, 1.165) is 37.3 Å². The molecule has 3 atom stereocenters. The van der Waals surface area contributed by atoms with Gasteiger partial charge in [0.25, 0.3) is 0 Å². The second kappa shape index (κ2) is 7.47. The lowest BCUT2D eigenvalue weighted by molar-refractivity contribution is -0.169. The first-order valence-corrected chi connectivity index (χ1v) is 11.5. The Labute approximate surface area is 188 Å². The molecule has 4 aliphatic rings. The number of anilines is 2. The van der Waals surface area contributed by atoms with E-state index in [0.29, 0.717) is 19.8 Å². The van der Waals surface area contributed by atoms with Gasteiger partial charge in [0.2, 0.25) is 11.8 Å². The quantitative estimate of drug-likeness (QED) is 0.669. The molecule has 1 aromatic carbocycles. The summed E-state index contributed by atoms with van der Waals surface area (Å²) in [6.45, 7) is 9.58. The Kier molecular flexibility index (Phi) is 4.96. The van der Waals surface area contributed by atoms with Gasteiger partial charge in [-0.25, -0.2) is 4.79 Å². The number of hydrogen-bond acceptors (Lipinski definition) is 6. The van der Waals surface area contributed by atoms with E-state index in [4.69, 9.17) is 9.47 Å². The van der Waals surface area contributed by atoms with Crippen LogP contribution in [0.4, 0.5) is 16.2 Å². The van der Waals surface area contributed by atoms with Gasteiger partial charge in [-0.15, -0.1) is 0 Å². The summed E-state index contributed by atoms with van der Waals surface area (Å²) in [5.41, 5.74) is 0.942. The number of fused-ring (bicyclic) bond motifs is 2. The van der Waals surface area contributed by atoms with Crippen LogP contribution in [-0.2, 0) is 19.1 Å². The molecule has 2 bridgehead atoms. The van der Waals surface area contributed by atoms with Crippen LogP contribution < -0.4 is 9.80 Å². The molecule has 32 heavy (non-hydrogen) atoms. The molecule has 1 saturated carbocycles. The number of cyclic esters (lactones) is 1. The number of benzene rings is 1. The lowest BCUT2D eigenvalue weighted by Crippen LogP contribution is -2.60. The molecule has 172 valence electrons. The highest BCUT2D eigenvalue weighted by Crippen LogP contribution is 2.60. The molecule has 3 aliphatic heterocycles. The van der Waals surface area contributed by atoms with Gasteiger partial charge in [0.05, 0.1) is 31.7 Å². The molecule has 8 heteroatoms. The monoisotopic (exact) mass is 441 g/mol. The lowest BCUT2D eigenvalue weighted by Gasteiger charge is -2.47. The number of imide groups is 1. The average molecular weight is 442 g/mol. The topological polar surface area (TPSA) is 79.4 Å². The molecule has 0 radical (unpaired) electrons. The zero-order valence-corrected chi connectivity index (χ0v) is 19.0. The molecule has 4 fully saturated rings. The maximum atomic E-state index is 13.3. The summed E-state index contributed by atoms with van der Waals surface area (Å²) in [7, 11) is 0. The Morgan fingerprint density at radius 3 is 2.34 bits per heavy atom. The van der Waals surface area contributed by atoms with Crippen LogP contribution in [0.2, 0.25) is 0 Å². The van der Waals surface area contributed by atoms with E-state index in [-0.39, 0.29) is 29.7 Å². The van der Waals surface area contributed by atoms with Crippen LogP contribution in [0.15, 0.2) is 24.3 Å². The van der Waals surface area contributed by atoms with Crippen LogP contribution in [-0.4, -0.2) is 68.3 Å². The number of carbonyl (C=O) groups is 3. The van der Waals surface area contributed by atoms with Crippen molar-refractivity contribution in [2.45, 2.75) is 39.7 Å². The summed E-state index contributed by atoms with van der Waals surface area (Å²) in [6, 6.07) is 7.82. The van der Waals surface area contributed by atoms with E-state index in [1.807, 2.05) is 45.0 Å². The van der Waals surface area contributed by atoms with E-state index < -0.39 is 17.6 Å². The maximum absolute atomic E-state index is 13.3. The molecule has 1 aromatic rings. The molecule has 8 nitrogen and oxygen atoms in total. The average Bonchev–Trinajstić information content (AvgIpc) is 3.24. The standard InChI is InChI=1S/C24H31N3O5/c1-23(2)19-8-9-24(23,3)21(29)27(20(19)28)15-18-14-26(22(30)32-18)17-6-4-16(5-7-17)25-10-12-31-13-11-25/h4-7,18-19H,8-15H2,1-3H3/t18-,19?,24?/m1/s1. The summed E-state index contributed by atoms with van der Waals surface area (Å²) in [5, 5.41) is 0. The van der Waals surface area contributed by atoms with Gasteiger partial charge in [0.1, 0.15) is 6.10 Å². The number of piperidine rings is 1. The normalized spacial score (nSPS) is 32.0. The number of carbonyl (C=O) groups excluding carboxylic acids is 3. The number of hydrogen-bond donors (Lipinski definition) is 0. The number of nitrogens with zero attached hydrogens (tertiary/aromatic N) is 3. The predicted molar refractivity (Wildman–Crippen MR) is 118 cm³/mol. The molecule has 1 aliphatic carbocycles. The van der Waals surface area contributed by atoms with Crippen LogP contribution in [0.5, 0.6) is 0 Å². The summed E-state index contributed by atoms with van der Waals surface area (Å²) in [4.78, 5) is 44.1. The molecule has 5 rings (SSSR count). The van der Waals surface area contributed by atoms with Gasteiger partial charge < -0.3 is 14.4 Å². The van der Waals surface area contributed by atoms with Crippen LogP contribution in [0.3, 0.4) is 0 Å². The van der Waals surface area contributed by atoms with Crippen molar-refractivity contribution in [2.75, 3.05) is 49.2 Å². The minimum absolute atomic E-state index is 0.119. The highest BCUT2D eigenvalue weighted by molar-refractivity contribution is 6.04. The van der Waals surface area contributed by atoms with Gasteiger partial charge in [-0.3, -0.25) is 19.4 Å². The molecule has 3 amide bonds. The number of amides is 3. The number of likely N-dealkylation sites (tertiary alicyclic amines) is 1. The molecular weight excluding hydrogens is 410 g/mol. The first kappa shape index (κ1) is 21.2. The van der Waals surface area contributed by atoms with Gasteiger partial charge in [-0.05, 0) is 42.5 Å². The van der Waals surface area contributed by atoms with Crippen molar-refractivity contribution < 1.29 is 23.9 Å². The fourth-order valence-corrected chi connectivity index (χ4v) is 5.77. The first-order chi connectivity index (χ1) is 15.2. The van der Waals surface area contributed by atoms with Crippen LogP contribution >= 0.6 is 0 Å². The minimum Gasteiger partial charge on any atom is -0.442 e. The van der Waals surface area contributed by atoms with Gasteiger partial charge in [-0.2, -0.15) is 0 Å². The Hall–Kier alpha value is -2.61. The fourth-order valence-electron chi connectivity index (χ4n) is 5.77. The van der Waals surface area contributed by atoms with Crippen LogP contribution in [0.25, 0.3) is 0 Å². The molecule has 3 heterocycles. The Balaban J connectivity index is 1.27. The Morgan fingerprint density at radius 2 is 1.66 bits per heavy atom. The number of morpholine rings is 1. The van der Waals surface area contributed by atoms with E-state index in [9.17, 15) is 14.4 Å². The Bertz CT molecular complexity index is 939. The highest BCUT2D eigenvalue weighted by Gasteiger charge is 2.64. The van der Waals surface area contributed by atoms with Crippen molar-refractivity contribution in [1.82, 2.24) is 4.90 Å². The van der Waals surface area contributed by atoms with Crippen LogP contribution in [0.1, 0.15) is 33.6 Å². The van der Waals surface area contributed by atoms with Gasteiger partial charge >= 0.3 is 6.09 Å². The van der Waals surface area contributed by atoms with Crippen molar-refractivity contribution in [3.8, 4) is 0 Å². The van der Waals surface area contributed by atoms with Crippen LogP contribution in [0, 0.1) is 16.7 Å². The zero-order valence-electron chi connectivity index (χ0n) is 19.0. The fraction of sp³-hybridized carbons (Fsp3) is 0.625. The lowest BCUT2D eigenvalue weighted by atomic mass is 9.62. The summed E-state index contributed by atoms with van der Waals surface area (Å²) in [5.74, 6) is -0.420. The predicted octanol–water partition coefficient (Wildman–Crippen LogP) is 2.66. The van der Waals surface area contributed by atoms with Gasteiger partial charge in [-0.1, -0.05) is 20.8 Å².